The van der Waals surface area contributed by atoms with E-state index in [0.717, 1.165) is 17.8 Å². The molecule has 0 saturated carbocycles. The van der Waals surface area contributed by atoms with Crippen molar-refractivity contribution in [2.45, 2.75) is 36.1 Å². The zero-order valence-corrected chi connectivity index (χ0v) is 19.0. The van der Waals surface area contributed by atoms with Crippen LogP contribution in [0, 0.1) is 11.8 Å². The number of alkyl halides is 3. The normalized spacial score (nSPS) is 18.7. The van der Waals surface area contributed by atoms with Gasteiger partial charge in [0.25, 0.3) is 0 Å². The standard InChI is InChI=1S/C24H23F3N2O4S/c1-14(21(30)29-20-9-5-4-8-19(20)24(25,26)27)34-16-12-10-15(11-13-16)28-22(31)17-6-2-3-7-18(17)23(32)33/h2-5,8-14,17-18H,6-7H2,1H3,(H,28,31)(H,29,30)(H,32,33). The molecule has 3 rings (SSSR count). The number of carboxylic acid groups (broad SMARTS) is 1. The lowest BCUT2D eigenvalue weighted by atomic mass is 9.82. The number of hydrogen-bond acceptors (Lipinski definition) is 4. The van der Waals surface area contributed by atoms with Gasteiger partial charge in [-0.15, -0.1) is 11.8 Å². The van der Waals surface area contributed by atoms with Crippen molar-refractivity contribution in [3.05, 3.63) is 66.2 Å². The molecule has 34 heavy (non-hydrogen) atoms. The van der Waals surface area contributed by atoms with E-state index in [1.807, 2.05) is 0 Å². The number of benzene rings is 2. The molecule has 0 saturated heterocycles. The highest BCUT2D eigenvalue weighted by Crippen LogP contribution is 2.35. The maximum absolute atomic E-state index is 13.1. The maximum atomic E-state index is 13.1. The average Bonchev–Trinajstić information content (AvgIpc) is 2.80. The van der Waals surface area contributed by atoms with Crippen LogP contribution in [-0.2, 0) is 20.6 Å². The first-order valence-electron chi connectivity index (χ1n) is 10.5. The van der Waals surface area contributed by atoms with Crippen LogP contribution >= 0.6 is 11.8 Å². The van der Waals surface area contributed by atoms with Crippen molar-refractivity contribution < 1.29 is 32.7 Å². The van der Waals surface area contributed by atoms with Gasteiger partial charge in [-0.1, -0.05) is 24.3 Å². The Bertz CT molecular complexity index is 1090. The van der Waals surface area contributed by atoms with Gasteiger partial charge in [-0.25, -0.2) is 0 Å². The Kier molecular flexibility index (Phi) is 8.03. The second kappa shape index (κ2) is 10.8. The number of aliphatic carboxylic acids is 1. The van der Waals surface area contributed by atoms with Crippen LogP contribution < -0.4 is 10.6 Å². The van der Waals surface area contributed by atoms with Crippen molar-refractivity contribution in [3.63, 3.8) is 0 Å². The van der Waals surface area contributed by atoms with E-state index in [4.69, 9.17) is 0 Å². The molecule has 0 aliphatic heterocycles. The molecular weight excluding hydrogens is 469 g/mol. The topological polar surface area (TPSA) is 95.5 Å². The van der Waals surface area contributed by atoms with Crippen molar-refractivity contribution in [3.8, 4) is 0 Å². The van der Waals surface area contributed by atoms with E-state index in [9.17, 15) is 32.7 Å². The molecule has 10 heteroatoms. The average molecular weight is 493 g/mol. The molecule has 3 N–H and O–H groups in total. The van der Waals surface area contributed by atoms with E-state index >= 15 is 0 Å². The van der Waals surface area contributed by atoms with Crippen LogP contribution in [0.15, 0.2) is 65.6 Å². The number of hydrogen-bond donors (Lipinski definition) is 3. The first-order valence-corrected chi connectivity index (χ1v) is 11.4. The summed E-state index contributed by atoms with van der Waals surface area (Å²) in [5.74, 6) is -3.42. The fraction of sp³-hybridized carbons (Fsp3) is 0.292. The van der Waals surface area contributed by atoms with Gasteiger partial charge in [0.15, 0.2) is 0 Å². The van der Waals surface area contributed by atoms with E-state index in [2.05, 4.69) is 10.6 Å². The highest BCUT2D eigenvalue weighted by molar-refractivity contribution is 8.00. The molecule has 0 fully saturated rings. The lowest BCUT2D eigenvalue weighted by Gasteiger charge is -2.24. The van der Waals surface area contributed by atoms with Crippen molar-refractivity contribution in [2.75, 3.05) is 10.6 Å². The number of amides is 2. The second-order valence-electron chi connectivity index (χ2n) is 7.80. The molecule has 3 unspecified atom stereocenters. The van der Waals surface area contributed by atoms with Gasteiger partial charge in [0, 0.05) is 10.6 Å². The maximum Gasteiger partial charge on any atom is 0.418 e. The number of nitrogens with one attached hydrogen (secondary N) is 2. The Balaban J connectivity index is 1.59. The van der Waals surface area contributed by atoms with Gasteiger partial charge in [0.1, 0.15) is 0 Å². The van der Waals surface area contributed by atoms with Crippen LogP contribution in [0.3, 0.4) is 0 Å². The number of rotatable bonds is 7. The summed E-state index contributed by atoms with van der Waals surface area (Å²) in [6.45, 7) is 1.58. The van der Waals surface area contributed by atoms with Crippen molar-refractivity contribution in [1.29, 1.82) is 0 Å². The molecule has 2 amide bonds. The zero-order chi connectivity index (χ0) is 24.9. The number of halogens is 3. The Morgan fingerprint density at radius 2 is 1.59 bits per heavy atom. The van der Waals surface area contributed by atoms with Crippen molar-refractivity contribution in [1.82, 2.24) is 0 Å². The molecule has 2 aromatic rings. The fourth-order valence-electron chi connectivity index (χ4n) is 3.56. The second-order valence-corrected chi connectivity index (χ2v) is 9.21. The highest BCUT2D eigenvalue weighted by Gasteiger charge is 2.35. The first-order chi connectivity index (χ1) is 16.1. The monoisotopic (exact) mass is 492 g/mol. The molecule has 0 bridgehead atoms. The summed E-state index contributed by atoms with van der Waals surface area (Å²) in [5.41, 5.74) is -0.744. The molecule has 1 aliphatic rings. The highest BCUT2D eigenvalue weighted by atomic mass is 32.2. The Labute approximate surface area is 198 Å². The summed E-state index contributed by atoms with van der Waals surface area (Å²) >= 11 is 1.15. The number of thioether (sulfide) groups is 1. The molecule has 1 aliphatic carbocycles. The minimum Gasteiger partial charge on any atom is -0.481 e. The number of anilines is 2. The van der Waals surface area contributed by atoms with Crippen molar-refractivity contribution >= 4 is 40.9 Å². The van der Waals surface area contributed by atoms with Gasteiger partial charge in [-0.05, 0) is 56.2 Å². The van der Waals surface area contributed by atoms with Gasteiger partial charge >= 0.3 is 12.1 Å². The lowest BCUT2D eigenvalue weighted by molar-refractivity contribution is -0.146. The van der Waals surface area contributed by atoms with Gasteiger partial charge in [0.2, 0.25) is 11.8 Å². The number of para-hydroxylation sites is 1. The third-order valence-corrected chi connectivity index (χ3v) is 6.49. The number of carboxylic acids is 1. The van der Waals surface area contributed by atoms with Crippen LogP contribution in [0.25, 0.3) is 0 Å². The van der Waals surface area contributed by atoms with Crippen LogP contribution in [0.2, 0.25) is 0 Å². The van der Waals surface area contributed by atoms with Crippen LogP contribution in [0.5, 0.6) is 0 Å². The van der Waals surface area contributed by atoms with Gasteiger partial charge in [0.05, 0.1) is 28.3 Å². The predicted octanol–water partition coefficient (Wildman–Crippen LogP) is 5.43. The van der Waals surface area contributed by atoms with E-state index in [-0.39, 0.29) is 11.6 Å². The quantitative estimate of drug-likeness (QED) is 0.354. The number of allylic oxidation sites excluding steroid dienone is 2. The van der Waals surface area contributed by atoms with Crippen LogP contribution in [0.1, 0.15) is 25.3 Å². The molecule has 0 aromatic heterocycles. The minimum absolute atomic E-state index is 0.302. The van der Waals surface area contributed by atoms with E-state index in [1.54, 1.807) is 43.3 Å². The van der Waals surface area contributed by atoms with Gasteiger partial charge in [-0.2, -0.15) is 13.2 Å². The molecule has 180 valence electrons. The zero-order valence-electron chi connectivity index (χ0n) is 18.1. The Morgan fingerprint density at radius 1 is 0.971 bits per heavy atom. The summed E-state index contributed by atoms with van der Waals surface area (Å²) in [4.78, 5) is 37.1. The molecule has 0 spiro atoms. The Morgan fingerprint density at radius 3 is 2.21 bits per heavy atom. The number of carbonyl (C=O) groups excluding carboxylic acids is 2. The summed E-state index contributed by atoms with van der Waals surface area (Å²) in [7, 11) is 0. The molecule has 6 nitrogen and oxygen atoms in total. The van der Waals surface area contributed by atoms with E-state index < -0.39 is 40.7 Å². The molecule has 2 aromatic carbocycles. The summed E-state index contributed by atoms with van der Waals surface area (Å²) in [6.07, 6.45) is -0.382. The summed E-state index contributed by atoms with van der Waals surface area (Å²) in [6, 6.07) is 11.4. The van der Waals surface area contributed by atoms with Gasteiger partial charge in [-0.3, -0.25) is 14.4 Å². The Hall–Kier alpha value is -3.27. The molecule has 0 heterocycles. The lowest BCUT2D eigenvalue weighted by Crippen LogP contribution is -2.34. The third kappa shape index (κ3) is 6.40. The predicted molar refractivity (Wildman–Crippen MR) is 123 cm³/mol. The van der Waals surface area contributed by atoms with Crippen LogP contribution in [-0.4, -0.2) is 28.1 Å². The first kappa shape index (κ1) is 25.4. The van der Waals surface area contributed by atoms with Gasteiger partial charge < -0.3 is 15.7 Å². The fourth-order valence-corrected chi connectivity index (χ4v) is 4.43. The summed E-state index contributed by atoms with van der Waals surface area (Å²) < 4.78 is 39.4. The van der Waals surface area contributed by atoms with E-state index in [1.165, 1.54) is 18.2 Å². The van der Waals surface area contributed by atoms with E-state index in [0.29, 0.717) is 23.4 Å². The van der Waals surface area contributed by atoms with Crippen molar-refractivity contribution in [2.24, 2.45) is 11.8 Å². The smallest absolute Gasteiger partial charge is 0.418 e. The minimum atomic E-state index is -4.58. The third-order valence-electron chi connectivity index (χ3n) is 5.38. The SMILES string of the molecule is CC(Sc1ccc(NC(=O)C2CC=CCC2C(=O)O)cc1)C(=O)Nc1ccccc1C(F)(F)F. The molecular formula is C24H23F3N2O4S. The van der Waals surface area contributed by atoms with Crippen LogP contribution in [0.4, 0.5) is 24.5 Å². The summed E-state index contributed by atoms with van der Waals surface area (Å²) in [5, 5.41) is 13.7. The largest absolute Gasteiger partial charge is 0.481 e. The number of carbonyl (C=O) groups is 3. The molecule has 3 atom stereocenters. The molecule has 0 radical (unpaired) electrons.